The molecule has 0 saturated carbocycles. The number of thiazole rings is 1. The van der Waals surface area contributed by atoms with Gasteiger partial charge in [-0.3, -0.25) is 0 Å². The van der Waals surface area contributed by atoms with E-state index in [0.717, 1.165) is 33.3 Å². The molecule has 0 spiro atoms. The van der Waals surface area contributed by atoms with E-state index in [1.54, 1.807) is 18.4 Å². The van der Waals surface area contributed by atoms with Crippen molar-refractivity contribution in [1.29, 1.82) is 0 Å². The molecule has 0 unspecified atom stereocenters. The average molecular weight is 351 g/mol. The normalized spacial score (nSPS) is 11.0. The fourth-order valence-corrected chi connectivity index (χ4v) is 3.17. The van der Waals surface area contributed by atoms with Gasteiger partial charge in [0.1, 0.15) is 5.01 Å². The summed E-state index contributed by atoms with van der Waals surface area (Å²) in [5.74, 6) is 1.50. The smallest absolute Gasteiger partial charge is 0.161 e. The molecule has 0 saturated heterocycles. The summed E-state index contributed by atoms with van der Waals surface area (Å²) in [4.78, 5) is 4.69. The van der Waals surface area contributed by atoms with Gasteiger partial charge in [0.2, 0.25) is 0 Å². The molecule has 4 heteroatoms. The Bertz CT molecular complexity index is 866. The number of benzene rings is 2. The number of methoxy groups -OCH3 is 1. The fraction of sp³-hybridized carbons (Fsp3) is 0.190. The Morgan fingerprint density at radius 1 is 1.04 bits per heavy atom. The molecule has 128 valence electrons. The maximum atomic E-state index is 5.62. The van der Waals surface area contributed by atoms with Gasteiger partial charge in [0.15, 0.2) is 11.5 Å². The molecule has 3 aromatic rings. The van der Waals surface area contributed by atoms with E-state index < -0.39 is 0 Å². The zero-order valence-electron chi connectivity index (χ0n) is 14.7. The van der Waals surface area contributed by atoms with Gasteiger partial charge in [0, 0.05) is 10.9 Å². The fourth-order valence-electron chi connectivity index (χ4n) is 2.45. The summed E-state index contributed by atoms with van der Waals surface area (Å²) < 4.78 is 10.9. The lowest BCUT2D eigenvalue weighted by molar-refractivity contribution is 0.311. The average Bonchev–Trinajstić information content (AvgIpc) is 3.10. The van der Waals surface area contributed by atoms with Crippen molar-refractivity contribution in [2.24, 2.45) is 0 Å². The van der Waals surface area contributed by atoms with E-state index in [-0.39, 0.29) is 0 Å². The maximum absolute atomic E-state index is 5.62. The van der Waals surface area contributed by atoms with Crippen molar-refractivity contribution >= 4 is 23.5 Å². The van der Waals surface area contributed by atoms with Crippen LogP contribution in [0.1, 0.15) is 23.1 Å². The second-order valence-electron chi connectivity index (χ2n) is 5.61. The molecule has 0 bridgehead atoms. The first-order valence-electron chi connectivity index (χ1n) is 8.21. The zero-order valence-corrected chi connectivity index (χ0v) is 15.5. The van der Waals surface area contributed by atoms with Crippen LogP contribution in [0.15, 0.2) is 47.8 Å². The van der Waals surface area contributed by atoms with Crippen molar-refractivity contribution in [2.75, 3.05) is 13.7 Å². The number of nitrogens with zero attached hydrogens (tertiary/aromatic N) is 1. The van der Waals surface area contributed by atoms with Crippen LogP contribution < -0.4 is 9.47 Å². The number of aryl methyl sites for hydroxylation is 1. The van der Waals surface area contributed by atoms with E-state index in [0.29, 0.717) is 6.61 Å². The first-order valence-corrected chi connectivity index (χ1v) is 9.09. The molecule has 1 aromatic heterocycles. The quantitative estimate of drug-likeness (QED) is 0.571. The highest BCUT2D eigenvalue weighted by molar-refractivity contribution is 7.10. The summed E-state index contributed by atoms with van der Waals surface area (Å²) in [5, 5.41) is 3.06. The van der Waals surface area contributed by atoms with Crippen LogP contribution in [0.5, 0.6) is 11.5 Å². The number of hydrogen-bond donors (Lipinski definition) is 0. The van der Waals surface area contributed by atoms with Crippen LogP contribution >= 0.6 is 11.3 Å². The monoisotopic (exact) mass is 351 g/mol. The first-order chi connectivity index (χ1) is 12.2. The SMILES string of the molecule is CCOc1cc(C=Cc2nc(-c3ccc(C)cc3)cs2)ccc1OC. The molecule has 0 atom stereocenters. The van der Waals surface area contributed by atoms with E-state index in [2.05, 4.69) is 36.6 Å². The summed E-state index contributed by atoms with van der Waals surface area (Å²) in [6.07, 6.45) is 4.07. The molecule has 0 radical (unpaired) electrons. The molecule has 0 aliphatic heterocycles. The van der Waals surface area contributed by atoms with E-state index in [4.69, 9.17) is 14.5 Å². The molecule has 3 rings (SSSR count). The minimum Gasteiger partial charge on any atom is -0.493 e. The highest BCUT2D eigenvalue weighted by Crippen LogP contribution is 2.29. The molecular weight excluding hydrogens is 330 g/mol. The third-order valence-corrected chi connectivity index (χ3v) is 4.59. The van der Waals surface area contributed by atoms with Crippen molar-refractivity contribution < 1.29 is 9.47 Å². The summed E-state index contributed by atoms with van der Waals surface area (Å²) in [7, 11) is 1.65. The Morgan fingerprint density at radius 3 is 2.56 bits per heavy atom. The predicted molar refractivity (Wildman–Crippen MR) is 105 cm³/mol. The van der Waals surface area contributed by atoms with Crippen molar-refractivity contribution in [3.63, 3.8) is 0 Å². The van der Waals surface area contributed by atoms with E-state index in [1.807, 2.05) is 37.3 Å². The molecule has 2 aromatic carbocycles. The Balaban J connectivity index is 1.78. The topological polar surface area (TPSA) is 31.4 Å². The highest BCUT2D eigenvalue weighted by atomic mass is 32.1. The van der Waals surface area contributed by atoms with Crippen LogP contribution in [-0.2, 0) is 0 Å². The van der Waals surface area contributed by atoms with Gasteiger partial charge in [-0.25, -0.2) is 4.98 Å². The van der Waals surface area contributed by atoms with E-state index >= 15 is 0 Å². The largest absolute Gasteiger partial charge is 0.493 e. The molecule has 25 heavy (non-hydrogen) atoms. The first kappa shape index (κ1) is 17.2. The van der Waals surface area contributed by atoms with Crippen molar-refractivity contribution in [2.45, 2.75) is 13.8 Å². The van der Waals surface area contributed by atoms with Crippen LogP contribution in [-0.4, -0.2) is 18.7 Å². The Morgan fingerprint density at radius 2 is 1.84 bits per heavy atom. The maximum Gasteiger partial charge on any atom is 0.161 e. The van der Waals surface area contributed by atoms with Crippen LogP contribution in [0.3, 0.4) is 0 Å². The second kappa shape index (κ2) is 7.99. The van der Waals surface area contributed by atoms with Crippen molar-refractivity contribution in [1.82, 2.24) is 4.98 Å². The molecule has 0 fully saturated rings. The van der Waals surface area contributed by atoms with Gasteiger partial charge in [0.05, 0.1) is 19.4 Å². The number of rotatable bonds is 6. The standard InChI is InChI=1S/C21H21NO2S/c1-4-24-20-13-16(7-11-19(20)23-3)8-12-21-22-18(14-25-21)17-9-5-15(2)6-10-17/h5-14H,4H2,1-3H3. The third kappa shape index (κ3) is 4.28. The Hall–Kier alpha value is -2.59. The van der Waals surface area contributed by atoms with Gasteiger partial charge >= 0.3 is 0 Å². The van der Waals surface area contributed by atoms with Crippen molar-refractivity contribution in [3.8, 4) is 22.8 Å². The minimum atomic E-state index is 0.607. The van der Waals surface area contributed by atoms with Crippen LogP contribution in [0.25, 0.3) is 23.4 Å². The lowest BCUT2D eigenvalue weighted by Crippen LogP contribution is -1.95. The summed E-state index contributed by atoms with van der Waals surface area (Å²) in [5.41, 5.74) is 4.46. The zero-order chi connectivity index (χ0) is 17.6. The molecule has 0 aliphatic carbocycles. The third-order valence-electron chi connectivity index (χ3n) is 3.78. The molecule has 0 N–H and O–H groups in total. The summed E-state index contributed by atoms with van der Waals surface area (Å²) in [6, 6.07) is 14.3. The van der Waals surface area contributed by atoms with Gasteiger partial charge in [-0.15, -0.1) is 11.3 Å². The van der Waals surface area contributed by atoms with Crippen LogP contribution in [0, 0.1) is 6.92 Å². The van der Waals surface area contributed by atoms with E-state index in [9.17, 15) is 0 Å². The van der Waals surface area contributed by atoms with Crippen LogP contribution in [0.2, 0.25) is 0 Å². The molecular formula is C21H21NO2S. The summed E-state index contributed by atoms with van der Waals surface area (Å²) >= 11 is 1.64. The van der Waals surface area contributed by atoms with Gasteiger partial charge in [-0.2, -0.15) is 0 Å². The minimum absolute atomic E-state index is 0.607. The van der Waals surface area contributed by atoms with Crippen molar-refractivity contribution in [3.05, 3.63) is 64.0 Å². The molecule has 0 amide bonds. The highest BCUT2D eigenvalue weighted by Gasteiger charge is 2.05. The number of aromatic nitrogens is 1. The Labute approximate surface area is 152 Å². The van der Waals surface area contributed by atoms with Gasteiger partial charge < -0.3 is 9.47 Å². The number of hydrogen-bond acceptors (Lipinski definition) is 4. The molecule has 1 heterocycles. The van der Waals surface area contributed by atoms with Gasteiger partial charge in [-0.1, -0.05) is 42.0 Å². The summed E-state index contributed by atoms with van der Waals surface area (Å²) in [6.45, 7) is 4.66. The van der Waals surface area contributed by atoms with E-state index in [1.165, 1.54) is 5.56 Å². The lowest BCUT2D eigenvalue weighted by Gasteiger charge is -2.09. The number of ether oxygens (including phenoxy) is 2. The lowest BCUT2D eigenvalue weighted by atomic mass is 10.1. The molecule has 3 nitrogen and oxygen atoms in total. The van der Waals surface area contributed by atoms with Gasteiger partial charge in [0.25, 0.3) is 0 Å². The molecule has 0 aliphatic rings. The Kier molecular flexibility index (Phi) is 5.51. The van der Waals surface area contributed by atoms with Gasteiger partial charge in [-0.05, 0) is 37.6 Å². The second-order valence-corrected chi connectivity index (χ2v) is 6.50. The van der Waals surface area contributed by atoms with Crippen LogP contribution in [0.4, 0.5) is 0 Å². The predicted octanol–water partition coefficient (Wildman–Crippen LogP) is 5.70.